The summed E-state index contributed by atoms with van der Waals surface area (Å²) in [5.41, 5.74) is -0.416. The van der Waals surface area contributed by atoms with Gasteiger partial charge in [-0.05, 0) is 29.8 Å². The van der Waals surface area contributed by atoms with Crippen LogP contribution < -0.4 is 0 Å². The van der Waals surface area contributed by atoms with Gasteiger partial charge in [-0.15, -0.1) is 0 Å². The number of phenolic OH excluding ortho intramolecular Hbond substituents is 1. The van der Waals surface area contributed by atoms with Crippen molar-refractivity contribution >= 4 is 12.0 Å². The van der Waals surface area contributed by atoms with Crippen LogP contribution in [0, 0.1) is 11.8 Å². The molecule has 12 nitrogen and oxygen atoms in total. The Morgan fingerprint density at radius 2 is 1.78 bits per heavy atom. The number of aromatic hydroxyl groups is 1. The molecule has 11 atom stereocenters. The third kappa shape index (κ3) is 4.40. The van der Waals surface area contributed by atoms with Crippen LogP contribution in [0.4, 0.5) is 0 Å². The van der Waals surface area contributed by atoms with E-state index in [-0.39, 0.29) is 12.4 Å². The van der Waals surface area contributed by atoms with Gasteiger partial charge in [0.05, 0.1) is 24.9 Å². The monoisotopic (exact) mass is 508 g/mol. The first-order chi connectivity index (χ1) is 17.2. The third-order valence-corrected chi connectivity index (χ3v) is 7.14. The average Bonchev–Trinajstić information content (AvgIpc) is 3.57. The molecule has 5 rings (SSSR count). The summed E-state index contributed by atoms with van der Waals surface area (Å²) in [6.07, 6.45) is -4.61. The quantitative estimate of drug-likeness (QED) is 0.141. The number of rotatable bonds is 7. The molecule has 0 aromatic heterocycles. The van der Waals surface area contributed by atoms with Crippen LogP contribution in [0.15, 0.2) is 42.7 Å². The molecular weight excluding hydrogens is 480 g/mol. The lowest BCUT2D eigenvalue weighted by atomic mass is 9.85. The zero-order chi connectivity index (χ0) is 25.6. The molecule has 1 aliphatic carbocycles. The van der Waals surface area contributed by atoms with Crippen molar-refractivity contribution in [3.05, 3.63) is 48.2 Å². The molecule has 1 saturated carbocycles. The van der Waals surface area contributed by atoms with Crippen molar-refractivity contribution in [1.82, 2.24) is 0 Å². The Kier molecular flexibility index (Phi) is 6.78. The summed E-state index contributed by atoms with van der Waals surface area (Å²) in [7, 11) is 0. The SMILES string of the molecule is O=C(C=Cc1ccc(O)cc1)OCC1OC(OC2OC=CC3C(O)C4OC4(CO)C23)C(O)C(O)C1O. The molecule has 12 heteroatoms. The van der Waals surface area contributed by atoms with Crippen LogP contribution in [0.25, 0.3) is 6.08 Å². The first kappa shape index (κ1) is 25.1. The summed E-state index contributed by atoms with van der Waals surface area (Å²) >= 11 is 0. The van der Waals surface area contributed by atoms with Crippen molar-refractivity contribution in [3.8, 4) is 5.75 Å². The number of fused-ring (bicyclic) bond motifs is 3. The van der Waals surface area contributed by atoms with Gasteiger partial charge < -0.3 is 54.3 Å². The number of aliphatic hydroxyl groups is 5. The summed E-state index contributed by atoms with van der Waals surface area (Å²) in [4.78, 5) is 12.1. The van der Waals surface area contributed by atoms with Crippen molar-refractivity contribution in [3.63, 3.8) is 0 Å². The predicted molar refractivity (Wildman–Crippen MR) is 118 cm³/mol. The molecule has 196 valence electrons. The van der Waals surface area contributed by atoms with E-state index < -0.39 is 79.2 Å². The topological polar surface area (TPSA) is 188 Å². The van der Waals surface area contributed by atoms with Gasteiger partial charge in [0.15, 0.2) is 6.29 Å². The Hall–Kier alpha value is -2.55. The fraction of sp³-hybridized carbons (Fsp3) is 0.542. The molecule has 4 aliphatic rings. The summed E-state index contributed by atoms with van der Waals surface area (Å²) in [6, 6.07) is 6.11. The first-order valence-electron chi connectivity index (χ1n) is 11.5. The lowest BCUT2D eigenvalue weighted by molar-refractivity contribution is -0.344. The van der Waals surface area contributed by atoms with Crippen LogP contribution in [0.5, 0.6) is 5.75 Å². The predicted octanol–water partition coefficient (Wildman–Crippen LogP) is -1.62. The second-order valence-corrected chi connectivity index (χ2v) is 9.28. The van der Waals surface area contributed by atoms with Gasteiger partial charge in [0.2, 0.25) is 6.29 Å². The zero-order valence-corrected chi connectivity index (χ0v) is 18.9. The Morgan fingerprint density at radius 1 is 1.03 bits per heavy atom. The summed E-state index contributed by atoms with van der Waals surface area (Å²) < 4.78 is 27.6. The fourth-order valence-corrected chi connectivity index (χ4v) is 5.12. The number of benzene rings is 1. The molecule has 0 radical (unpaired) electrons. The van der Waals surface area contributed by atoms with E-state index in [4.69, 9.17) is 23.7 Å². The highest BCUT2D eigenvalue weighted by molar-refractivity contribution is 5.87. The van der Waals surface area contributed by atoms with E-state index in [1.54, 1.807) is 18.2 Å². The molecule has 6 N–H and O–H groups in total. The van der Waals surface area contributed by atoms with Gasteiger partial charge in [-0.3, -0.25) is 0 Å². The second-order valence-electron chi connectivity index (χ2n) is 9.28. The van der Waals surface area contributed by atoms with Crippen molar-refractivity contribution in [2.75, 3.05) is 13.2 Å². The molecule has 3 heterocycles. The van der Waals surface area contributed by atoms with Crippen molar-refractivity contribution in [2.24, 2.45) is 11.8 Å². The molecule has 2 saturated heterocycles. The molecule has 1 aromatic carbocycles. The Balaban J connectivity index is 1.22. The number of phenols is 1. The number of hydrogen-bond donors (Lipinski definition) is 6. The van der Waals surface area contributed by atoms with E-state index in [0.29, 0.717) is 5.56 Å². The van der Waals surface area contributed by atoms with E-state index in [2.05, 4.69) is 0 Å². The minimum Gasteiger partial charge on any atom is -0.508 e. The summed E-state index contributed by atoms with van der Waals surface area (Å²) in [6.45, 7) is -0.829. The van der Waals surface area contributed by atoms with Crippen LogP contribution in [-0.4, -0.2) is 105 Å². The van der Waals surface area contributed by atoms with Crippen LogP contribution in [0.1, 0.15) is 5.56 Å². The van der Waals surface area contributed by atoms with E-state index >= 15 is 0 Å². The molecular formula is C24H28O12. The highest BCUT2D eigenvalue weighted by Gasteiger charge is 2.75. The van der Waals surface area contributed by atoms with Crippen molar-refractivity contribution < 1.29 is 59.1 Å². The smallest absolute Gasteiger partial charge is 0.330 e. The van der Waals surface area contributed by atoms with Crippen molar-refractivity contribution in [1.29, 1.82) is 0 Å². The maximum Gasteiger partial charge on any atom is 0.330 e. The number of aliphatic hydroxyl groups excluding tert-OH is 5. The lowest BCUT2D eigenvalue weighted by Crippen LogP contribution is -2.60. The van der Waals surface area contributed by atoms with E-state index in [1.165, 1.54) is 24.5 Å². The minimum absolute atomic E-state index is 0.0842. The molecule has 11 unspecified atom stereocenters. The Labute approximate surface area is 205 Å². The molecule has 36 heavy (non-hydrogen) atoms. The van der Waals surface area contributed by atoms with Crippen LogP contribution in [0.3, 0.4) is 0 Å². The van der Waals surface area contributed by atoms with Gasteiger partial charge in [0.1, 0.15) is 48.5 Å². The number of carbonyl (C=O) groups excluding carboxylic acids is 1. The standard InChI is InChI=1S/C24H28O12/c25-10-24-16-13(17(28)21(24)36-24)7-8-32-22(16)35-23-20(31)19(30)18(29)14(34-23)9-33-15(27)6-3-11-1-4-12(26)5-2-11/h1-8,13-14,16-23,25-26,28-31H,9-10H2. The maximum atomic E-state index is 12.1. The Morgan fingerprint density at radius 3 is 2.50 bits per heavy atom. The molecule has 3 fully saturated rings. The van der Waals surface area contributed by atoms with Crippen molar-refractivity contribution in [2.45, 2.75) is 54.8 Å². The Bertz CT molecular complexity index is 1010. The largest absolute Gasteiger partial charge is 0.508 e. The number of ether oxygens (including phenoxy) is 5. The number of epoxide rings is 1. The number of carbonyl (C=O) groups is 1. The summed E-state index contributed by atoms with van der Waals surface area (Å²) in [5, 5.41) is 60.8. The third-order valence-electron chi connectivity index (χ3n) is 7.14. The molecule has 0 spiro atoms. The average molecular weight is 508 g/mol. The first-order valence-corrected chi connectivity index (χ1v) is 11.5. The normalized spacial score (nSPS) is 43.0. The highest BCUT2D eigenvalue weighted by Crippen LogP contribution is 2.59. The van der Waals surface area contributed by atoms with Gasteiger partial charge in [-0.1, -0.05) is 12.1 Å². The van der Waals surface area contributed by atoms with E-state index in [1.807, 2.05) is 0 Å². The van der Waals surface area contributed by atoms with E-state index in [9.17, 15) is 35.4 Å². The minimum atomic E-state index is -1.68. The van der Waals surface area contributed by atoms with Crippen LogP contribution in [-0.2, 0) is 28.5 Å². The van der Waals surface area contributed by atoms with Gasteiger partial charge in [-0.25, -0.2) is 4.79 Å². The summed E-state index contributed by atoms with van der Waals surface area (Å²) in [5.74, 6) is -1.71. The fourth-order valence-electron chi connectivity index (χ4n) is 5.12. The zero-order valence-electron chi connectivity index (χ0n) is 18.9. The molecule has 0 bridgehead atoms. The molecule has 3 aliphatic heterocycles. The van der Waals surface area contributed by atoms with Gasteiger partial charge >= 0.3 is 5.97 Å². The van der Waals surface area contributed by atoms with Crippen LogP contribution >= 0.6 is 0 Å². The van der Waals surface area contributed by atoms with Gasteiger partial charge in [-0.2, -0.15) is 0 Å². The lowest BCUT2D eigenvalue weighted by Gasteiger charge is -2.43. The van der Waals surface area contributed by atoms with Gasteiger partial charge in [0.25, 0.3) is 0 Å². The molecule has 0 amide bonds. The number of esters is 1. The van der Waals surface area contributed by atoms with E-state index in [0.717, 1.165) is 6.08 Å². The second kappa shape index (κ2) is 9.72. The highest BCUT2D eigenvalue weighted by atomic mass is 16.8. The van der Waals surface area contributed by atoms with Gasteiger partial charge in [0, 0.05) is 12.0 Å². The maximum absolute atomic E-state index is 12.1. The van der Waals surface area contributed by atoms with Crippen LogP contribution in [0.2, 0.25) is 0 Å². The molecule has 1 aromatic rings. The number of hydrogen-bond acceptors (Lipinski definition) is 12.